The Balaban J connectivity index is 3.14. The van der Waals surface area contributed by atoms with E-state index in [2.05, 4.69) is 0 Å². The van der Waals surface area contributed by atoms with Crippen LogP contribution in [-0.2, 0) is 10.7 Å². The Morgan fingerprint density at radius 1 is 1.27 bits per heavy atom. The van der Waals surface area contributed by atoms with Gasteiger partial charge < -0.3 is 0 Å². The zero-order valence-electron chi connectivity index (χ0n) is 6.13. The third-order valence-electron chi connectivity index (χ3n) is 1.28. The van der Waals surface area contributed by atoms with Crippen LogP contribution in [0, 0.1) is 0 Å². The first-order chi connectivity index (χ1) is 5.16. The summed E-state index contributed by atoms with van der Waals surface area (Å²) in [6, 6.07) is 0. The van der Waals surface area contributed by atoms with Gasteiger partial charge in [0, 0.05) is 17.0 Å². The van der Waals surface area contributed by atoms with Crippen molar-refractivity contribution in [3.8, 4) is 0 Å². The molecule has 1 atom stereocenters. The quantitative estimate of drug-likeness (QED) is 0.418. The molecule has 0 aromatic carbocycles. The molecule has 2 nitrogen and oxygen atoms in total. The maximum absolute atomic E-state index is 10.1. The normalized spacial score (nSPS) is 13.7. The molecular formula is C6H12Cl2O2S. The fourth-order valence-corrected chi connectivity index (χ4v) is 1.47. The van der Waals surface area contributed by atoms with Crippen molar-refractivity contribution >= 4 is 33.9 Å². The van der Waals surface area contributed by atoms with Gasteiger partial charge in [-0.1, -0.05) is 6.42 Å². The molecule has 0 fully saturated rings. The Morgan fingerprint density at radius 2 is 1.91 bits per heavy atom. The van der Waals surface area contributed by atoms with Crippen molar-refractivity contribution in [2.75, 3.05) is 11.6 Å². The fraction of sp³-hybridized carbons (Fsp3) is 1.00. The molecule has 1 unspecified atom stereocenters. The zero-order chi connectivity index (χ0) is 8.69. The first-order valence-corrected chi connectivity index (χ1v) is 5.82. The molecule has 0 saturated heterocycles. The molecule has 0 saturated carbocycles. The second kappa shape index (κ2) is 7.19. The second-order valence-electron chi connectivity index (χ2n) is 2.30. The maximum Gasteiger partial charge on any atom is 0.140 e. The van der Waals surface area contributed by atoms with Crippen LogP contribution < -0.4 is 0 Å². The summed E-state index contributed by atoms with van der Waals surface area (Å²) in [5.74, 6) is 0.701. The number of hydrogen-bond donors (Lipinski definition) is 1. The van der Waals surface area contributed by atoms with Gasteiger partial charge in [-0.15, -0.1) is 23.2 Å². The van der Waals surface area contributed by atoms with E-state index in [0.29, 0.717) is 12.3 Å². The lowest BCUT2D eigenvalue weighted by Crippen LogP contribution is -2.00. The van der Waals surface area contributed by atoms with E-state index in [1.807, 2.05) is 0 Å². The van der Waals surface area contributed by atoms with Crippen LogP contribution in [0.5, 0.6) is 0 Å². The highest BCUT2D eigenvalue weighted by Crippen LogP contribution is 2.08. The molecule has 11 heavy (non-hydrogen) atoms. The van der Waals surface area contributed by atoms with Crippen molar-refractivity contribution in [2.24, 2.45) is 0 Å². The Kier molecular flexibility index (Phi) is 7.54. The number of alkyl halides is 2. The van der Waals surface area contributed by atoms with E-state index in [9.17, 15) is 8.42 Å². The van der Waals surface area contributed by atoms with Crippen LogP contribution in [0.4, 0.5) is 0 Å². The minimum atomic E-state index is -2.21. The predicted octanol–water partition coefficient (Wildman–Crippen LogP) is 1.61. The fourth-order valence-electron chi connectivity index (χ4n) is 0.684. The SMILES string of the molecule is O=[SH](=O)CCCCC(Cl)CCl. The lowest BCUT2D eigenvalue weighted by molar-refractivity contribution is 0.607. The molecule has 0 heterocycles. The molecule has 0 aliphatic rings. The van der Waals surface area contributed by atoms with Gasteiger partial charge in [0.05, 0.1) is 0 Å². The van der Waals surface area contributed by atoms with Crippen LogP contribution in [-0.4, -0.2) is 25.4 Å². The lowest BCUT2D eigenvalue weighted by atomic mass is 10.2. The Hall–Kier alpha value is 0.530. The van der Waals surface area contributed by atoms with Gasteiger partial charge in [-0.05, 0) is 12.8 Å². The van der Waals surface area contributed by atoms with E-state index in [-0.39, 0.29) is 11.1 Å². The van der Waals surface area contributed by atoms with Crippen molar-refractivity contribution in [3.63, 3.8) is 0 Å². The van der Waals surface area contributed by atoms with Crippen molar-refractivity contribution < 1.29 is 8.42 Å². The summed E-state index contributed by atoms with van der Waals surface area (Å²) in [4.78, 5) is 0. The summed E-state index contributed by atoms with van der Waals surface area (Å²) in [6.45, 7) is 0. The minimum absolute atomic E-state index is 0.0128. The summed E-state index contributed by atoms with van der Waals surface area (Å²) >= 11 is 11.1. The highest BCUT2D eigenvalue weighted by molar-refractivity contribution is 7.72. The van der Waals surface area contributed by atoms with Crippen molar-refractivity contribution in [2.45, 2.75) is 24.6 Å². The van der Waals surface area contributed by atoms with E-state index >= 15 is 0 Å². The van der Waals surface area contributed by atoms with E-state index in [1.165, 1.54) is 0 Å². The Labute approximate surface area is 78.8 Å². The summed E-state index contributed by atoms with van der Waals surface area (Å²) in [5.41, 5.74) is 0. The molecule has 68 valence electrons. The van der Waals surface area contributed by atoms with Crippen LogP contribution in [0.15, 0.2) is 0 Å². The first-order valence-electron chi connectivity index (χ1n) is 3.48. The largest absolute Gasteiger partial charge is 0.232 e. The van der Waals surface area contributed by atoms with E-state index in [0.717, 1.165) is 12.8 Å². The monoisotopic (exact) mass is 218 g/mol. The van der Waals surface area contributed by atoms with Crippen LogP contribution in [0.2, 0.25) is 0 Å². The summed E-state index contributed by atoms with van der Waals surface area (Å²) < 4.78 is 20.2. The highest BCUT2D eigenvalue weighted by atomic mass is 35.5. The van der Waals surface area contributed by atoms with Gasteiger partial charge >= 0.3 is 0 Å². The Bertz CT molecular complexity index is 151. The van der Waals surface area contributed by atoms with Gasteiger partial charge in [-0.2, -0.15) is 0 Å². The summed E-state index contributed by atoms with van der Waals surface area (Å²) in [5, 5.41) is -0.0128. The van der Waals surface area contributed by atoms with Crippen LogP contribution in [0.25, 0.3) is 0 Å². The van der Waals surface area contributed by atoms with Crippen molar-refractivity contribution in [1.29, 1.82) is 0 Å². The molecule has 0 aliphatic heterocycles. The third kappa shape index (κ3) is 8.44. The first kappa shape index (κ1) is 11.5. The number of unbranched alkanes of at least 4 members (excludes halogenated alkanes) is 1. The van der Waals surface area contributed by atoms with Crippen molar-refractivity contribution in [3.05, 3.63) is 0 Å². The number of thiol groups is 1. The zero-order valence-corrected chi connectivity index (χ0v) is 8.54. The van der Waals surface area contributed by atoms with Gasteiger partial charge in [0.1, 0.15) is 10.7 Å². The smallest absolute Gasteiger partial charge is 0.140 e. The van der Waals surface area contributed by atoms with Gasteiger partial charge in [-0.3, -0.25) is 0 Å². The molecule has 5 heteroatoms. The molecule has 0 rings (SSSR count). The van der Waals surface area contributed by atoms with Crippen LogP contribution in [0.1, 0.15) is 19.3 Å². The molecule has 0 radical (unpaired) electrons. The van der Waals surface area contributed by atoms with Gasteiger partial charge in [0.15, 0.2) is 0 Å². The Morgan fingerprint density at radius 3 is 2.36 bits per heavy atom. The number of rotatable bonds is 6. The molecule has 0 aromatic heterocycles. The van der Waals surface area contributed by atoms with Gasteiger partial charge in [0.2, 0.25) is 0 Å². The second-order valence-corrected chi connectivity index (χ2v) is 4.34. The number of halogens is 2. The average Bonchev–Trinajstić information content (AvgIpc) is 1.97. The molecule has 0 aliphatic carbocycles. The molecule has 0 N–H and O–H groups in total. The summed E-state index contributed by atoms with van der Waals surface area (Å²) in [7, 11) is -2.21. The average molecular weight is 219 g/mol. The van der Waals surface area contributed by atoms with Gasteiger partial charge in [0.25, 0.3) is 0 Å². The molecule has 0 aromatic rings. The number of hydrogen-bond acceptors (Lipinski definition) is 2. The molecule has 0 spiro atoms. The van der Waals surface area contributed by atoms with Crippen molar-refractivity contribution in [1.82, 2.24) is 0 Å². The lowest BCUT2D eigenvalue weighted by Gasteiger charge is -2.02. The van der Waals surface area contributed by atoms with Crippen LogP contribution >= 0.6 is 23.2 Å². The predicted molar refractivity (Wildman–Crippen MR) is 49.4 cm³/mol. The minimum Gasteiger partial charge on any atom is -0.232 e. The molecular weight excluding hydrogens is 207 g/mol. The van der Waals surface area contributed by atoms with E-state index in [1.54, 1.807) is 0 Å². The van der Waals surface area contributed by atoms with E-state index < -0.39 is 10.7 Å². The third-order valence-corrected chi connectivity index (χ3v) is 2.86. The van der Waals surface area contributed by atoms with Crippen LogP contribution in [0.3, 0.4) is 0 Å². The highest BCUT2D eigenvalue weighted by Gasteiger charge is 2.01. The van der Waals surface area contributed by atoms with E-state index in [4.69, 9.17) is 23.2 Å². The summed E-state index contributed by atoms with van der Waals surface area (Å²) in [6.07, 6.45) is 2.33. The maximum atomic E-state index is 10.1. The standard InChI is InChI=1S/C6H12Cl2O2S/c7-5-6(8)3-1-2-4-11(9)10/h6,11H,1-5H2. The topological polar surface area (TPSA) is 34.1 Å². The molecule has 0 amide bonds. The molecule has 0 bridgehead atoms. The van der Waals surface area contributed by atoms with Gasteiger partial charge in [-0.25, -0.2) is 8.42 Å².